The van der Waals surface area contributed by atoms with E-state index in [1.54, 1.807) is 0 Å². The number of hydrogen-bond donors (Lipinski definition) is 1. The molecule has 1 aromatic carbocycles. The number of hydrogen-bond acceptors (Lipinski definition) is 2. The molecule has 0 radical (unpaired) electrons. The molecule has 1 aliphatic rings. The molecule has 1 atom stereocenters. The lowest BCUT2D eigenvalue weighted by molar-refractivity contribution is 0.170. The summed E-state index contributed by atoms with van der Waals surface area (Å²) in [6, 6.07) is 6.43. The van der Waals surface area contributed by atoms with Gasteiger partial charge in [0.15, 0.2) is 0 Å². The molecule has 0 aromatic heterocycles. The summed E-state index contributed by atoms with van der Waals surface area (Å²) in [5, 5.41) is 1.44. The molecule has 4 heteroatoms. The fourth-order valence-corrected chi connectivity index (χ4v) is 3.26. The second kappa shape index (κ2) is 6.45. The molecule has 1 saturated carbocycles. The molecule has 0 aliphatic heterocycles. The van der Waals surface area contributed by atoms with Crippen LogP contribution in [0.25, 0.3) is 0 Å². The summed E-state index contributed by atoms with van der Waals surface area (Å²) in [6.45, 7) is 6.05. The minimum atomic E-state index is 0.121. The Balaban J connectivity index is 2.31. The number of benzene rings is 1. The number of nitrogens with zero attached hydrogens (tertiary/aromatic N) is 1. The first-order chi connectivity index (χ1) is 9.04. The van der Waals surface area contributed by atoms with Crippen molar-refractivity contribution in [2.24, 2.45) is 11.7 Å². The average molecular weight is 301 g/mol. The van der Waals surface area contributed by atoms with Gasteiger partial charge in [0.2, 0.25) is 0 Å². The SMILES string of the molecule is CC(C)CN(C1CC1)C(CN)c1c(Cl)cccc1Cl. The molecule has 19 heavy (non-hydrogen) atoms. The highest BCUT2D eigenvalue weighted by atomic mass is 35.5. The van der Waals surface area contributed by atoms with Crippen molar-refractivity contribution in [2.75, 3.05) is 13.1 Å². The molecule has 0 amide bonds. The molecule has 1 unspecified atom stereocenters. The average Bonchev–Trinajstić information content (AvgIpc) is 3.15. The zero-order chi connectivity index (χ0) is 14.0. The lowest BCUT2D eigenvalue weighted by Gasteiger charge is -2.33. The highest BCUT2D eigenvalue weighted by Gasteiger charge is 2.35. The van der Waals surface area contributed by atoms with Crippen molar-refractivity contribution in [3.05, 3.63) is 33.8 Å². The fraction of sp³-hybridized carbons (Fsp3) is 0.600. The van der Waals surface area contributed by atoms with E-state index in [2.05, 4.69) is 18.7 Å². The minimum absolute atomic E-state index is 0.121. The van der Waals surface area contributed by atoms with Crippen LogP contribution in [0.2, 0.25) is 10.0 Å². The van der Waals surface area contributed by atoms with Crippen LogP contribution >= 0.6 is 23.2 Å². The molecule has 2 N–H and O–H groups in total. The van der Waals surface area contributed by atoms with Crippen molar-refractivity contribution < 1.29 is 0 Å². The normalized spacial score (nSPS) is 17.2. The number of nitrogens with two attached hydrogens (primary N) is 1. The first-order valence-electron chi connectivity index (χ1n) is 6.94. The van der Waals surface area contributed by atoms with Gasteiger partial charge in [-0.2, -0.15) is 0 Å². The molecule has 0 heterocycles. The van der Waals surface area contributed by atoms with Crippen LogP contribution in [0.1, 0.15) is 38.3 Å². The van der Waals surface area contributed by atoms with Gasteiger partial charge in [0, 0.05) is 34.7 Å². The lowest BCUT2D eigenvalue weighted by Crippen LogP contribution is -2.38. The highest BCUT2D eigenvalue weighted by molar-refractivity contribution is 6.36. The Hall–Kier alpha value is -0.280. The molecule has 0 bridgehead atoms. The van der Waals surface area contributed by atoms with Gasteiger partial charge in [-0.05, 0) is 30.9 Å². The van der Waals surface area contributed by atoms with Gasteiger partial charge in [-0.15, -0.1) is 0 Å². The van der Waals surface area contributed by atoms with Gasteiger partial charge < -0.3 is 5.73 Å². The summed E-state index contributed by atoms with van der Waals surface area (Å²) >= 11 is 12.7. The van der Waals surface area contributed by atoms with E-state index in [1.165, 1.54) is 12.8 Å². The van der Waals surface area contributed by atoms with Crippen LogP contribution in [0.5, 0.6) is 0 Å². The minimum Gasteiger partial charge on any atom is -0.329 e. The maximum Gasteiger partial charge on any atom is 0.0503 e. The number of rotatable bonds is 6. The summed E-state index contributed by atoms with van der Waals surface area (Å²) < 4.78 is 0. The molecule has 0 spiro atoms. The van der Waals surface area contributed by atoms with Gasteiger partial charge in [0.05, 0.1) is 6.04 Å². The first-order valence-corrected chi connectivity index (χ1v) is 7.70. The van der Waals surface area contributed by atoms with Crippen molar-refractivity contribution in [1.29, 1.82) is 0 Å². The van der Waals surface area contributed by atoms with E-state index in [9.17, 15) is 0 Å². The van der Waals surface area contributed by atoms with Gasteiger partial charge in [-0.1, -0.05) is 43.1 Å². The maximum atomic E-state index is 6.34. The van der Waals surface area contributed by atoms with Gasteiger partial charge in [-0.25, -0.2) is 0 Å². The zero-order valence-corrected chi connectivity index (χ0v) is 13.1. The summed E-state index contributed by atoms with van der Waals surface area (Å²) in [7, 11) is 0. The molecule has 1 fully saturated rings. The van der Waals surface area contributed by atoms with E-state index in [0.717, 1.165) is 22.2 Å². The van der Waals surface area contributed by atoms with Crippen LogP contribution in [0.15, 0.2) is 18.2 Å². The van der Waals surface area contributed by atoms with Crippen molar-refractivity contribution in [1.82, 2.24) is 4.90 Å². The van der Waals surface area contributed by atoms with Crippen molar-refractivity contribution in [2.45, 2.75) is 38.8 Å². The smallest absolute Gasteiger partial charge is 0.0503 e. The van der Waals surface area contributed by atoms with Crippen LogP contribution in [0, 0.1) is 5.92 Å². The molecule has 1 aliphatic carbocycles. The van der Waals surface area contributed by atoms with Crippen LogP contribution in [0.3, 0.4) is 0 Å². The van der Waals surface area contributed by atoms with E-state index in [4.69, 9.17) is 28.9 Å². The summed E-state index contributed by atoms with van der Waals surface area (Å²) in [5.74, 6) is 0.607. The molecule has 0 saturated heterocycles. The Morgan fingerprint density at radius 1 is 1.26 bits per heavy atom. The Morgan fingerprint density at radius 2 is 1.84 bits per heavy atom. The quantitative estimate of drug-likeness (QED) is 0.856. The predicted molar refractivity (Wildman–Crippen MR) is 82.8 cm³/mol. The van der Waals surface area contributed by atoms with E-state index in [-0.39, 0.29) is 6.04 Å². The zero-order valence-electron chi connectivity index (χ0n) is 11.6. The standard InChI is InChI=1S/C15H22Cl2N2/c1-10(2)9-19(11-6-7-11)14(8-18)15-12(16)4-3-5-13(15)17/h3-5,10-11,14H,6-9,18H2,1-2H3. The Morgan fingerprint density at radius 3 is 2.26 bits per heavy atom. The predicted octanol–water partition coefficient (Wildman–Crippen LogP) is 4.11. The monoisotopic (exact) mass is 300 g/mol. The van der Waals surface area contributed by atoms with Crippen molar-refractivity contribution >= 4 is 23.2 Å². The molecule has 106 valence electrons. The topological polar surface area (TPSA) is 29.3 Å². The van der Waals surface area contributed by atoms with Crippen LogP contribution in [-0.4, -0.2) is 24.0 Å². The van der Waals surface area contributed by atoms with Crippen LogP contribution in [0.4, 0.5) is 0 Å². The molecular formula is C15H22Cl2N2. The Bertz CT molecular complexity index is 410. The van der Waals surface area contributed by atoms with Gasteiger partial charge in [0.25, 0.3) is 0 Å². The third-order valence-corrected chi connectivity index (χ3v) is 4.21. The summed E-state index contributed by atoms with van der Waals surface area (Å²) in [6.07, 6.45) is 2.51. The summed E-state index contributed by atoms with van der Waals surface area (Å²) in [4.78, 5) is 2.48. The first kappa shape index (κ1) is 15.1. The fourth-order valence-electron chi connectivity index (χ4n) is 2.61. The van der Waals surface area contributed by atoms with Gasteiger partial charge >= 0.3 is 0 Å². The Kier molecular flexibility index (Phi) is 5.13. The van der Waals surface area contributed by atoms with E-state index in [1.807, 2.05) is 18.2 Å². The lowest BCUT2D eigenvalue weighted by atomic mass is 10.0. The second-order valence-corrected chi connectivity index (χ2v) is 6.52. The largest absolute Gasteiger partial charge is 0.329 e. The Labute approximate surface area is 125 Å². The second-order valence-electron chi connectivity index (χ2n) is 5.71. The molecule has 1 aromatic rings. The van der Waals surface area contributed by atoms with Gasteiger partial charge in [0.1, 0.15) is 0 Å². The van der Waals surface area contributed by atoms with E-state index >= 15 is 0 Å². The van der Waals surface area contributed by atoms with E-state index in [0.29, 0.717) is 18.5 Å². The summed E-state index contributed by atoms with van der Waals surface area (Å²) in [5.41, 5.74) is 7.01. The molecule has 2 rings (SSSR count). The van der Waals surface area contributed by atoms with Crippen molar-refractivity contribution in [3.8, 4) is 0 Å². The third kappa shape index (κ3) is 3.63. The molecule has 2 nitrogen and oxygen atoms in total. The number of halogens is 2. The van der Waals surface area contributed by atoms with E-state index < -0.39 is 0 Å². The highest BCUT2D eigenvalue weighted by Crippen LogP contribution is 2.39. The van der Waals surface area contributed by atoms with Crippen LogP contribution in [-0.2, 0) is 0 Å². The maximum absolute atomic E-state index is 6.34. The van der Waals surface area contributed by atoms with Crippen molar-refractivity contribution in [3.63, 3.8) is 0 Å². The van der Waals surface area contributed by atoms with Gasteiger partial charge in [-0.3, -0.25) is 4.90 Å². The third-order valence-electron chi connectivity index (χ3n) is 3.55. The molecular weight excluding hydrogens is 279 g/mol. The van der Waals surface area contributed by atoms with Crippen LogP contribution < -0.4 is 5.73 Å².